The molecule has 11 heteroatoms. The molecule has 0 saturated carbocycles. The molecule has 0 radical (unpaired) electrons. The van der Waals surface area contributed by atoms with E-state index in [1.54, 1.807) is 0 Å². The topological polar surface area (TPSA) is 120 Å². The summed E-state index contributed by atoms with van der Waals surface area (Å²) < 4.78 is 17.2. The van der Waals surface area contributed by atoms with Crippen molar-refractivity contribution < 1.29 is 17.7 Å². The van der Waals surface area contributed by atoms with Gasteiger partial charge in [0.2, 0.25) is 0 Å². The van der Waals surface area contributed by atoms with Gasteiger partial charge in [0.25, 0.3) is 5.50 Å². The molecule has 0 aliphatic rings. The van der Waals surface area contributed by atoms with Crippen LogP contribution in [0.15, 0.2) is 0 Å². The summed E-state index contributed by atoms with van der Waals surface area (Å²) in [5, 5.41) is 19.0. The molecule has 0 aromatic carbocycles. The summed E-state index contributed by atoms with van der Waals surface area (Å²) in [6.45, 7) is 1.98. The Balaban J connectivity index is 0. The van der Waals surface area contributed by atoms with Crippen molar-refractivity contribution in [3.63, 3.8) is 0 Å². The Kier molecular flexibility index (Phi) is 9.39. The quantitative estimate of drug-likeness (QED) is 0.250. The van der Waals surface area contributed by atoms with Crippen LogP contribution in [0.2, 0.25) is 0 Å². The fraction of sp³-hybridized carbons (Fsp3) is 1.00. The number of unbranched alkanes of at least 4 members (excludes halogenated alkanes) is 1. The van der Waals surface area contributed by atoms with Crippen LogP contribution in [0.25, 0.3) is 0 Å². The van der Waals surface area contributed by atoms with Gasteiger partial charge in [-0.2, -0.15) is 0 Å². The molecule has 0 aliphatic carbocycles. The Labute approximate surface area is 101 Å². The highest BCUT2D eigenvalue weighted by Gasteiger charge is 2.16. The minimum atomic E-state index is -4.55. The maximum Gasteiger partial charge on any atom is 0.513 e. The van der Waals surface area contributed by atoms with Crippen LogP contribution in [-0.4, -0.2) is 23.2 Å². The fourth-order valence-electron chi connectivity index (χ4n) is 0.478. The first-order valence-corrected chi connectivity index (χ1v) is 6.69. The van der Waals surface area contributed by atoms with Crippen LogP contribution in [0.3, 0.4) is 0 Å². The van der Waals surface area contributed by atoms with E-state index >= 15 is 0 Å². The van der Waals surface area contributed by atoms with Gasteiger partial charge in [0.15, 0.2) is 4.33 Å². The van der Waals surface area contributed by atoms with Gasteiger partial charge in [0, 0.05) is 11.3 Å². The molecular formula is C5H10Cl2N2O6S. The first-order valence-electron chi connectivity index (χ1n) is 3.99. The van der Waals surface area contributed by atoms with Gasteiger partial charge < -0.3 is 0 Å². The molecule has 0 amide bonds. The maximum absolute atomic E-state index is 9.88. The van der Waals surface area contributed by atoms with Crippen LogP contribution in [0.4, 0.5) is 0 Å². The fourth-order valence-corrected chi connectivity index (χ4v) is 0.632. The van der Waals surface area contributed by atoms with Gasteiger partial charge in [-0.25, -0.2) is 10.1 Å². The summed E-state index contributed by atoms with van der Waals surface area (Å²) in [4.78, 5) is 18.5. The van der Waals surface area contributed by atoms with Gasteiger partial charge in [-0.1, -0.05) is 13.3 Å². The average molecular weight is 297 g/mol. The molecule has 0 bridgehead atoms. The summed E-state index contributed by atoms with van der Waals surface area (Å²) in [7, 11) is -0.405. The van der Waals surface area contributed by atoms with Crippen LogP contribution >= 0.6 is 22.3 Å². The third-order valence-electron chi connectivity index (χ3n) is 1.20. The first kappa shape index (κ1) is 17.7. The predicted octanol–water partition coefficient (Wildman–Crippen LogP) is 1.76. The first-order chi connectivity index (χ1) is 7.12. The van der Waals surface area contributed by atoms with Crippen LogP contribution in [0.1, 0.15) is 26.2 Å². The lowest BCUT2D eigenvalue weighted by atomic mass is 10.2. The van der Waals surface area contributed by atoms with Crippen molar-refractivity contribution in [1.82, 2.24) is 0 Å². The van der Waals surface area contributed by atoms with Crippen LogP contribution < -0.4 is 0 Å². The average Bonchev–Trinajstić information content (AvgIpc) is 2.13. The second kappa shape index (κ2) is 8.48. The van der Waals surface area contributed by atoms with Crippen molar-refractivity contribution in [3.8, 4) is 0 Å². The SMILES string of the molecule is CCCCC(Cl)[N+](=O)[O-].O=[N+]([O-])S(=O)(=O)Cl. The van der Waals surface area contributed by atoms with E-state index in [1.165, 1.54) is 0 Å². The van der Waals surface area contributed by atoms with Gasteiger partial charge in [-0.15, -0.1) is 8.42 Å². The number of nitrogens with zero attached hydrogens (tertiary/aromatic N) is 2. The number of halogens is 2. The van der Waals surface area contributed by atoms with E-state index in [-0.39, 0.29) is 0 Å². The normalized spacial score (nSPS) is 12.2. The van der Waals surface area contributed by atoms with Crippen molar-refractivity contribution in [3.05, 3.63) is 20.2 Å². The van der Waals surface area contributed by atoms with Gasteiger partial charge in [0.1, 0.15) is 0 Å². The van der Waals surface area contributed by atoms with Crippen molar-refractivity contribution in [2.75, 3.05) is 0 Å². The molecule has 1 unspecified atom stereocenters. The second-order valence-electron chi connectivity index (χ2n) is 2.50. The Bertz CT molecular complexity index is 332. The van der Waals surface area contributed by atoms with Crippen molar-refractivity contribution in [2.24, 2.45) is 0 Å². The lowest BCUT2D eigenvalue weighted by molar-refractivity contribution is -0.499. The Hall–Kier alpha value is -0.670. The van der Waals surface area contributed by atoms with E-state index in [4.69, 9.17) is 21.7 Å². The monoisotopic (exact) mass is 296 g/mol. The lowest BCUT2D eigenvalue weighted by Gasteiger charge is -1.97. The molecule has 0 aromatic heterocycles. The standard InChI is InChI=1S/C5H10ClNO2.ClNO4S/c1-2-3-4-5(6)7(8)9;1-7(5,6)2(3)4/h5H,2-4H2,1H3;. The smallest absolute Gasteiger partial charge is 0.263 e. The zero-order valence-corrected chi connectivity index (χ0v) is 10.5. The number of hydrogen-bond acceptors (Lipinski definition) is 6. The zero-order valence-electron chi connectivity index (χ0n) is 8.21. The van der Waals surface area contributed by atoms with Gasteiger partial charge in [0.05, 0.1) is 10.7 Å². The highest BCUT2D eigenvalue weighted by Crippen LogP contribution is 2.06. The number of alkyl halides is 1. The van der Waals surface area contributed by atoms with Crippen LogP contribution in [0, 0.1) is 20.2 Å². The Morgan fingerprint density at radius 1 is 1.31 bits per heavy atom. The Morgan fingerprint density at radius 2 is 1.69 bits per heavy atom. The summed E-state index contributed by atoms with van der Waals surface area (Å²) in [6, 6.07) is 0. The Morgan fingerprint density at radius 3 is 1.88 bits per heavy atom. The highest BCUT2D eigenvalue weighted by molar-refractivity contribution is 8.08. The molecule has 0 fully saturated rings. The summed E-state index contributed by atoms with van der Waals surface area (Å²) in [5.41, 5.74) is -0.884. The molecule has 0 heterocycles. The van der Waals surface area contributed by atoms with Gasteiger partial charge in [-0.3, -0.25) is 10.1 Å². The van der Waals surface area contributed by atoms with Gasteiger partial charge >= 0.3 is 9.24 Å². The summed E-state index contributed by atoms with van der Waals surface area (Å²) >= 11 is 5.30. The molecule has 96 valence electrons. The summed E-state index contributed by atoms with van der Waals surface area (Å²) in [6.07, 6.45) is 2.26. The molecule has 1 atom stereocenters. The molecule has 0 saturated heterocycles. The second-order valence-corrected chi connectivity index (χ2v) is 5.29. The largest absolute Gasteiger partial charge is 0.513 e. The molecule has 0 aliphatic heterocycles. The number of nitro groups is 2. The number of rotatable bonds is 5. The van der Waals surface area contributed by atoms with E-state index < -0.39 is 24.0 Å². The number of hydrogen-bond donors (Lipinski definition) is 0. The van der Waals surface area contributed by atoms with E-state index in [1.807, 2.05) is 6.92 Å². The molecule has 16 heavy (non-hydrogen) atoms. The van der Waals surface area contributed by atoms with Crippen molar-refractivity contribution >= 4 is 31.5 Å². The molecule has 8 nitrogen and oxygen atoms in total. The van der Waals surface area contributed by atoms with E-state index in [0.717, 1.165) is 12.8 Å². The van der Waals surface area contributed by atoms with E-state index in [2.05, 4.69) is 10.7 Å². The molecule has 0 aromatic rings. The van der Waals surface area contributed by atoms with Crippen LogP contribution in [0.5, 0.6) is 0 Å². The minimum absolute atomic E-state index is 0.461. The molecule has 0 spiro atoms. The molecule has 0 N–H and O–H groups in total. The van der Waals surface area contributed by atoms with E-state index in [9.17, 15) is 18.5 Å². The third kappa shape index (κ3) is 11.4. The maximum atomic E-state index is 9.88. The predicted molar refractivity (Wildman–Crippen MR) is 57.9 cm³/mol. The summed E-state index contributed by atoms with van der Waals surface area (Å²) in [5.74, 6) is 0. The van der Waals surface area contributed by atoms with Crippen molar-refractivity contribution in [1.29, 1.82) is 0 Å². The zero-order chi connectivity index (χ0) is 13.4. The van der Waals surface area contributed by atoms with Gasteiger partial charge in [-0.05, 0) is 18.0 Å². The highest BCUT2D eigenvalue weighted by atomic mass is 35.7. The molecular weight excluding hydrogens is 287 g/mol. The molecule has 0 rings (SSSR count). The lowest BCUT2D eigenvalue weighted by Crippen LogP contribution is -2.10. The minimum Gasteiger partial charge on any atom is -0.263 e. The van der Waals surface area contributed by atoms with Crippen LogP contribution in [-0.2, 0) is 9.24 Å². The third-order valence-corrected chi connectivity index (χ3v) is 2.27. The van der Waals surface area contributed by atoms with Crippen molar-refractivity contribution in [2.45, 2.75) is 31.7 Å². The van der Waals surface area contributed by atoms with E-state index in [0.29, 0.717) is 6.42 Å².